The van der Waals surface area contributed by atoms with Crippen LogP contribution in [0.25, 0.3) is 0 Å². The lowest BCUT2D eigenvalue weighted by Crippen LogP contribution is -2.39. The third-order valence-corrected chi connectivity index (χ3v) is 7.82. The number of thioether (sulfide) groups is 1. The molecule has 1 aromatic carbocycles. The topological polar surface area (TPSA) is 66.5 Å². The van der Waals surface area contributed by atoms with Crippen molar-refractivity contribution in [3.8, 4) is 0 Å². The SMILES string of the molecule is CC(=O)N1CCCC1C(=O)Sc1ccccc1NC(=O)C1(CCC(C)C)CCCCC1. The Labute approximate surface area is 190 Å². The molecule has 2 aliphatic rings. The molecule has 1 saturated carbocycles. The summed E-state index contributed by atoms with van der Waals surface area (Å²) in [5.41, 5.74) is 0.397. The first kappa shape index (κ1) is 23.8. The first-order chi connectivity index (χ1) is 14.8. The van der Waals surface area contributed by atoms with Crippen molar-refractivity contribution in [2.75, 3.05) is 11.9 Å². The summed E-state index contributed by atoms with van der Waals surface area (Å²) in [5, 5.41) is 3.16. The highest BCUT2D eigenvalue weighted by Gasteiger charge is 2.39. The molecular formula is C25H36N2O3S. The number of nitrogens with zero attached hydrogens (tertiary/aromatic N) is 1. The quantitative estimate of drug-likeness (QED) is 0.553. The Bertz CT molecular complexity index is 802. The van der Waals surface area contributed by atoms with Crippen molar-refractivity contribution in [2.24, 2.45) is 11.3 Å². The van der Waals surface area contributed by atoms with Crippen molar-refractivity contribution in [1.82, 2.24) is 4.90 Å². The third kappa shape index (κ3) is 5.91. The lowest BCUT2D eigenvalue weighted by atomic mass is 9.69. The van der Waals surface area contributed by atoms with E-state index in [4.69, 9.17) is 0 Å². The van der Waals surface area contributed by atoms with E-state index in [-0.39, 0.29) is 28.4 Å². The van der Waals surface area contributed by atoms with E-state index in [0.29, 0.717) is 24.6 Å². The molecule has 1 N–H and O–H groups in total. The minimum Gasteiger partial charge on any atom is -0.332 e. The molecule has 0 spiro atoms. The first-order valence-corrected chi connectivity index (χ1v) is 12.5. The average molecular weight is 445 g/mol. The zero-order valence-corrected chi connectivity index (χ0v) is 19.9. The van der Waals surface area contributed by atoms with Gasteiger partial charge in [-0.15, -0.1) is 0 Å². The van der Waals surface area contributed by atoms with Gasteiger partial charge in [0.05, 0.1) is 5.69 Å². The minimum absolute atomic E-state index is 0.0263. The molecule has 0 bridgehead atoms. The normalized spacial score (nSPS) is 20.6. The van der Waals surface area contributed by atoms with Gasteiger partial charge in [-0.05, 0) is 68.3 Å². The summed E-state index contributed by atoms with van der Waals surface area (Å²) >= 11 is 1.15. The van der Waals surface area contributed by atoms with Crippen molar-refractivity contribution < 1.29 is 14.4 Å². The number of likely N-dealkylation sites (tertiary alicyclic amines) is 1. The monoisotopic (exact) mass is 444 g/mol. The molecule has 2 amide bonds. The number of hydrogen-bond acceptors (Lipinski definition) is 4. The van der Waals surface area contributed by atoms with E-state index in [2.05, 4.69) is 19.2 Å². The van der Waals surface area contributed by atoms with Crippen LogP contribution >= 0.6 is 11.8 Å². The maximum atomic E-state index is 13.5. The number of para-hydroxylation sites is 1. The van der Waals surface area contributed by atoms with Gasteiger partial charge in [0, 0.05) is 23.8 Å². The van der Waals surface area contributed by atoms with Gasteiger partial charge in [-0.1, -0.05) is 45.2 Å². The van der Waals surface area contributed by atoms with Crippen LogP contribution in [0.4, 0.5) is 5.69 Å². The zero-order valence-electron chi connectivity index (χ0n) is 19.1. The molecule has 1 heterocycles. The van der Waals surface area contributed by atoms with Gasteiger partial charge in [-0.2, -0.15) is 0 Å². The Morgan fingerprint density at radius 2 is 1.84 bits per heavy atom. The highest BCUT2D eigenvalue weighted by atomic mass is 32.2. The van der Waals surface area contributed by atoms with Crippen LogP contribution in [0.1, 0.15) is 78.6 Å². The van der Waals surface area contributed by atoms with Crippen LogP contribution in [0.5, 0.6) is 0 Å². The Balaban J connectivity index is 1.74. The van der Waals surface area contributed by atoms with Gasteiger partial charge < -0.3 is 10.2 Å². The molecule has 3 rings (SSSR count). The van der Waals surface area contributed by atoms with Crippen LogP contribution in [-0.4, -0.2) is 34.4 Å². The Hall–Kier alpha value is -1.82. The summed E-state index contributed by atoms with van der Waals surface area (Å²) in [6.45, 7) is 6.58. The lowest BCUT2D eigenvalue weighted by molar-refractivity contribution is -0.133. The summed E-state index contributed by atoms with van der Waals surface area (Å²) in [6.07, 6.45) is 8.80. The highest BCUT2D eigenvalue weighted by molar-refractivity contribution is 8.14. The second kappa shape index (κ2) is 10.7. The molecule has 170 valence electrons. The summed E-state index contributed by atoms with van der Waals surface area (Å²) in [7, 11) is 0. The van der Waals surface area contributed by atoms with Gasteiger partial charge in [0.15, 0.2) is 0 Å². The number of rotatable bonds is 7. The Morgan fingerprint density at radius 1 is 1.13 bits per heavy atom. The molecule has 1 saturated heterocycles. The molecule has 2 fully saturated rings. The second-order valence-corrected chi connectivity index (χ2v) is 10.6. The summed E-state index contributed by atoms with van der Waals surface area (Å²) in [5.74, 6) is 0.615. The number of nitrogens with one attached hydrogen (secondary N) is 1. The van der Waals surface area contributed by atoms with Crippen molar-refractivity contribution in [3.63, 3.8) is 0 Å². The molecular weight excluding hydrogens is 408 g/mol. The van der Waals surface area contributed by atoms with Gasteiger partial charge >= 0.3 is 0 Å². The summed E-state index contributed by atoms with van der Waals surface area (Å²) in [4.78, 5) is 40.7. The second-order valence-electron chi connectivity index (χ2n) is 9.52. The van der Waals surface area contributed by atoms with E-state index in [0.717, 1.165) is 61.6 Å². The Morgan fingerprint density at radius 3 is 2.52 bits per heavy atom. The van der Waals surface area contributed by atoms with E-state index in [1.165, 1.54) is 13.3 Å². The predicted molar refractivity (Wildman–Crippen MR) is 126 cm³/mol. The van der Waals surface area contributed by atoms with E-state index in [9.17, 15) is 14.4 Å². The molecule has 1 aromatic rings. The van der Waals surface area contributed by atoms with E-state index < -0.39 is 0 Å². The number of amides is 2. The molecule has 1 unspecified atom stereocenters. The number of hydrogen-bond donors (Lipinski definition) is 1. The Kier molecular flexibility index (Phi) is 8.20. The minimum atomic E-state index is -0.373. The van der Waals surface area contributed by atoms with Gasteiger partial charge in [0.2, 0.25) is 16.9 Å². The molecule has 1 atom stereocenters. The maximum Gasteiger partial charge on any atom is 0.230 e. The molecule has 5 nitrogen and oxygen atoms in total. The average Bonchev–Trinajstić information content (AvgIpc) is 3.25. The molecule has 0 radical (unpaired) electrons. The van der Waals surface area contributed by atoms with Gasteiger partial charge in [-0.25, -0.2) is 0 Å². The van der Waals surface area contributed by atoms with E-state index in [1.54, 1.807) is 4.90 Å². The molecule has 0 aromatic heterocycles. The lowest BCUT2D eigenvalue weighted by Gasteiger charge is -2.36. The number of carbonyl (C=O) groups is 3. The summed E-state index contributed by atoms with van der Waals surface area (Å²) < 4.78 is 0. The van der Waals surface area contributed by atoms with Gasteiger partial charge in [0.25, 0.3) is 0 Å². The fourth-order valence-corrected chi connectivity index (χ4v) is 5.84. The van der Waals surface area contributed by atoms with Crippen LogP contribution in [-0.2, 0) is 14.4 Å². The molecule has 1 aliphatic heterocycles. The van der Waals surface area contributed by atoms with Crippen molar-refractivity contribution >= 4 is 34.4 Å². The van der Waals surface area contributed by atoms with Crippen molar-refractivity contribution in [3.05, 3.63) is 24.3 Å². The largest absolute Gasteiger partial charge is 0.332 e. The molecule has 1 aliphatic carbocycles. The highest BCUT2D eigenvalue weighted by Crippen LogP contribution is 2.43. The predicted octanol–water partition coefficient (Wildman–Crippen LogP) is 5.64. The number of benzene rings is 1. The first-order valence-electron chi connectivity index (χ1n) is 11.7. The van der Waals surface area contributed by atoms with Crippen LogP contribution in [0, 0.1) is 11.3 Å². The van der Waals surface area contributed by atoms with E-state index >= 15 is 0 Å². The van der Waals surface area contributed by atoms with Crippen molar-refractivity contribution in [1.29, 1.82) is 0 Å². The van der Waals surface area contributed by atoms with E-state index in [1.807, 2.05) is 24.3 Å². The fourth-order valence-electron chi connectivity index (χ4n) is 4.86. The van der Waals surface area contributed by atoms with Crippen LogP contribution in [0.15, 0.2) is 29.2 Å². The van der Waals surface area contributed by atoms with Crippen molar-refractivity contribution in [2.45, 2.75) is 89.5 Å². The molecule has 6 heteroatoms. The molecule has 31 heavy (non-hydrogen) atoms. The standard InChI is InChI=1S/C25H36N2O3S/c1-18(2)13-16-25(14-7-4-8-15-25)24(30)26-20-10-5-6-12-22(20)31-23(29)21-11-9-17-27(21)19(3)28/h5-6,10,12,18,21H,4,7-9,11,13-17H2,1-3H3,(H,26,30). The van der Waals surface area contributed by atoms with Crippen LogP contribution in [0.3, 0.4) is 0 Å². The number of anilines is 1. The van der Waals surface area contributed by atoms with Crippen LogP contribution < -0.4 is 5.32 Å². The zero-order chi connectivity index (χ0) is 22.4. The fraction of sp³-hybridized carbons (Fsp3) is 0.640. The third-order valence-electron chi connectivity index (χ3n) is 6.77. The summed E-state index contributed by atoms with van der Waals surface area (Å²) in [6, 6.07) is 7.17. The smallest absolute Gasteiger partial charge is 0.230 e. The number of carbonyl (C=O) groups excluding carboxylic acids is 3. The van der Waals surface area contributed by atoms with Gasteiger partial charge in [-0.3, -0.25) is 14.4 Å². The maximum absolute atomic E-state index is 13.5. The van der Waals surface area contributed by atoms with Gasteiger partial charge in [0.1, 0.15) is 6.04 Å². The van der Waals surface area contributed by atoms with Crippen LogP contribution in [0.2, 0.25) is 0 Å².